The molecule has 96 valence electrons. The smallest absolute Gasteiger partial charge is 0.119 e. The largest absolute Gasteiger partial charge is 0.497 e. The highest BCUT2D eigenvalue weighted by Gasteiger charge is 2.08. The minimum absolute atomic E-state index is 0.223. The molecule has 0 saturated heterocycles. The minimum Gasteiger partial charge on any atom is -0.497 e. The maximum absolute atomic E-state index is 6.12. The summed E-state index contributed by atoms with van der Waals surface area (Å²) >= 11 is 0. The second-order valence-corrected chi connectivity index (χ2v) is 5.16. The van der Waals surface area contributed by atoms with Crippen molar-refractivity contribution in [1.82, 2.24) is 0 Å². The predicted octanol–water partition coefficient (Wildman–Crippen LogP) is 3.37. The molecule has 2 aromatic rings. The number of rotatable bonds is 4. The summed E-state index contributed by atoms with van der Waals surface area (Å²) < 4.78 is 5.23. The van der Waals surface area contributed by atoms with Crippen molar-refractivity contribution in [2.75, 3.05) is 7.11 Å². The highest BCUT2D eigenvalue weighted by molar-refractivity contribution is 5.84. The molecule has 0 heterocycles. The highest BCUT2D eigenvalue weighted by atomic mass is 16.5. The van der Waals surface area contributed by atoms with Gasteiger partial charge in [0.2, 0.25) is 0 Å². The molecule has 2 N–H and O–H groups in total. The fraction of sp³-hybridized carbons (Fsp3) is 0.375. The van der Waals surface area contributed by atoms with Crippen LogP contribution >= 0.6 is 0 Å². The molecule has 0 aliphatic heterocycles. The van der Waals surface area contributed by atoms with Crippen LogP contribution in [0.4, 0.5) is 0 Å². The molecule has 2 rings (SSSR count). The first-order valence-electron chi connectivity index (χ1n) is 6.42. The zero-order valence-electron chi connectivity index (χ0n) is 11.3. The summed E-state index contributed by atoms with van der Waals surface area (Å²) in [5, 5.41) is 2.44. The van der Waals surface area contributed by atoms with Gasteiger partial charge in [0.1, 0.15) is 5.75 Å². The Morgan fingerprint density at radius 1 is 1.06 bits per heavy atom. The Kier molecular flexibility index (Phi) is 3.87. The molecule has 18 heavy (non-hydrogen) atoms. The van der Waals surface area contributed by atoms with Crippen LogP contribution in [-0.2, 0) is 6.42 Å². The van der Waals surface area contributed by atoms with Gasteiger partial charge in [0.05, 0.1) is 7.11 Å². The highest BCUT2D eigenvalue weighted by Crippen LogP contribution is 2.22. The lowest BCUT2D eigenvalue weighted by Gasteiger charge is -2.15. The number of methoxy groups -OCH3 is 1. The topological polar surface area (TPSA) is 35.2 Å². The molecular formula is C16H21NO. The Bertz CT molecular complexity index is 534. The van der Waals surface area contributed by atoms with Crippen LogP contribution in [0.2, 0.25) is 0 Å². The van der Waals surface area contributed by atoms with Crippen LogP contribution in [0.5, 0.6) is 5.75 Å². The summed E-state index contributed by atoms with van der Waals surface area (Å²) in [4.78, 5) is 0. The SMILES string of the molecule is COc1ccc2cc(CC(N)C(C)C)ccc2c1. The van der Waals surface area contributed by atoms with E-state index in [1.165, 1.54) is 16.3 Å². The number of benzene rings is 2. The van der Waals surface area contributed by atoms with Gasteiger partial charge in [0.25, 0.3) is 0 Å². The van der Waals surface area contributed by atoms with Crippen LogP contribution < -0.4 is 10.5 Å². The zero-order valence-corrected chi connectivity index (χ0v) is 11.3. The Morgan fingerprint density at radius 2 is 1.72 bits per heavy atom. The van der Waals surface area contributed by atoms with Crippen LogP contribution in [0.3, 0.4) is 0 Å². The lowest BCUT2D eigenvalue weighted by molar-refractivity contribution is 0.415. The average molecular weight is 243 g/mol. The van der Waals surface area contributed by atoms with E-state index in [9.17, 15) is 0 Å². The second-order valence-electron chi connectivity index (χ2n) is 5.16. The zero-order chi connectivity index (χ0) is 13.1. The molecule has 2 nitrogen and oxygen atoms in total. The second kappa shape index (κ2) is 5.40. The van der Waals surface area contributed by atoms with Gasteiger partial charge in [-0.2, -0.15) is 0 Å². The van der Waals surface area contributed by atoms with E-state index in [1.807, 2.05) is 6.07 Å². The Labute approximate surface area is 109 Å². The molecule has 1 unspecified atom stereocenters. The summed E-state index contributed by atoms with van der Waals surface area (Å²) in [5.74, 6) is 1.41. The molecule has 0 bridgehead atoms. The summed E-state index contributed by atoms with van der Waals surface area (Å²) in [6.07, 6.45) is 0.930. The summed E-state index contributed by atoms with van der Waals surface area (Å²) in [6, 6.07) is 12.9. The van der Waals surface area contributed by atoms with Gasteiger partial charge >= 0.3 is 0 Å². The lowest BCUT2D eigenvalue weighted by Crippen LogP contribution is -2.28. The van der Waals surface area contributed by atoms with Gasteiger partial charge in [-0.15, -0.1) is 0 Å². The van der Waals surface area contributed by atoms with Crippen molar-refractivity contribution in [2.45, 2.75) is 26.3 Å². The molecular weight excluding hydrogens is 222 g/mol. The minimum atomic E-state index is 0.223. The van der Waals surface area contributed by atoms with Crippen LogP contribution in [0.1, 0.15) is 19.4 Å². The summed E-state index contributed by atoms with van der Waals surface area (Å²) in [6.45, 7) is 4.33. The maximum atomic E-state index is 6.12. The van der Waals surface area contributed by atoms with Gasteiger partial charge in [-0.25, -0.2) is 0 Å². The summed E-state index contributed by atoms with van der Waals surface area (Å²) in [7, 11) is 1.69. The van der Waals surface area contributed by atoms with Crippen LogP contribution in [-0.4, -0.2) is 13.2 Å². The van der Waals surface area contributed by atoms with Gasteiger partial charge in [0.15, 0.2) is 0 Å². The molecule has 0 aromatic heterocycles. The van der Waals surface area contributed by atoms with Gasteiger partial charge in [0, 0.05) is 6.04 Å². The van der Waals surface area contributed by atoms with E-state index in [0.717, 1.165) is 12.2 Å². The number of ether oxygens (including phenoxy) is 1. The number of hydrogen-bond donors (Lipinski definition) is 1. The maximum Gasteiger partial charge on any atom is 0.119 e. The molecule has 0 aliphatic rings. The number of hydrogen-bond acceptors (Lipinski definition) is 2. The van der Waals surface area contributed by atoms with Crippen molar-refractivity contribution < 1.29 is 4.74 Å². The van der Waals surface area contributed by atoms with Gasteiger partial charge in [-0.05, 0) is 40.8 Å². The third-order valence-corrected chi connectivity index (χ3v) is 3.44. The third kappa shape index (κ3) is 2.82. The number of nitrogens with two attached hydrogens (primary N) is 1. The first kappa shape index (κ1) is 12.9. The molecule has 1 atom stereocenters. The van der Waals surface area contributed by atoms with E-state index in [0.29, 0.717) is 5.92 Å². The van der Waals surface area contributed by atoms with Crippen LogP contribution in [0.25, 0.3) is 10.8 Å². The van der Waals surface area contributed by atoms with Crippen molar-refractivity contribution in [3.05, 3.63) is 42.0 Å². The standard InChI is InChI=1S/C16H21NO/c1-11(2)16(17)9-12-4-5-14-10-15(18-3)7-6-13(14)8-12/h4-8,10-11,16H,9,17H2,1-3H3. The molecule has 0 saturated carbocycles. The quantitative estimate of drug-likeness (QED) is 0.893. The summed E-state index contributed by atoms with van der Waals surface area (Å²) in [5.41, 5.74) is 7.42. The van der Waals surface area contributed by atoms with E-state index in [1.54, 1.807) is 7.11 Å². The molecule has 0 radical (unpaired) electrons. The molecule has 2 heteroatoms. The molecule has 0 aliphatic carbocycles. The van der Waals surface area contributed by atoms with E-state index >= 15 is 0 Å². The monoisotopic (exact) mass is 243 g/mol. The number of fused-ring (bicyclic) bond motifs is 1. The molecule has 0 spiro atoms. The lowest BCUT2D eigenvalue weighted by atomic mass is 9.96. The van der Waals surface area contributed by atoms with Gasteiger partial charge in [-0.1, -0.05) is 38.1 Å². The van der Waals surface area contributed by atoms with Crippen molar-refractivity contribution >= 4 is 10.8 Å². The molecule has 2 aromatic carbocycles. The Hall–Kier alpha value is -1.54. The van der Waals surface area contributed by atoms with Crippen molar-refractivity contribution in [2.24, 2.45) is 11.7 Å². The van der Waals surface area contributed by atoms with Gasteiger partial charge in [-0.3, -0.25) is 0 Å². The van der Waals surface area contributed by atoms with Crippen LogP contribution in [0.15, 0.2) is 36.4 Å². The Morgan fingerprint density at radius 3 is 2.39 bits per heavy atom. The van der Waals surface area contributed by atoms with Gasteiger partial charge < -0.3 is 10.5 Å². The van der Waals surface area contributed by atoms with E-state index in [2.05, 4.69) is 44.2 Å². The normalized spacial score (nSPS) is 12.9. The molecule has 0 amide bonds. The first-order chi connectivity index (χ1) is 8.60. The average Bonchev–Trinajstić information content (AvgIpc) is 2.37. The van der Waals surface area contributed by atoms with E-state index in [4.69, 9.17) is 10.5 Å². The van der Waals surface area contributed by atoms with E-state index in [-0.39, 0.29) is 6.04 Å². The fourth-order valence-corrected chi connectivity index (χ4v) is 2.04. The molecule has 0 fully saturated rings. The fourth-order valence-electron chi connectivity index (χ4n) is 2.04. The van der Waals surface area contributed by atoms with Crippen molar-refractivity contribution in [1.29, 1.82) is 0 Å². The van der Waals surface area contributed by atoms with Crippen molar-refractivity contribution in [3.8, 4) is 5.75 Å². The third-order valence-electron chi connectivity index (χ3n) is 3.44. The Balaban J connectivity index is 2.27. The predicted molar refractivity (Wildman–Crippen MR) is 77.0 cm³/mol. The van der Waals surface area contributed by atoms with Crippen LogP contribution in [0, 0.1) is 5.92 Å². The first-order valence-corrected chi connectivity index (χ1v) is 6.42. The van der Waals surface area contributed by atoms with E-state index < -0.39 is 0 Å². The van der Waals surface area contributed by atoms with Crippen molar-refractivity contribution in [3.63, 3.8) is 0 Å².